The van der Waals surface area contributed by atoms with Crippen molar-refractivity contribution in [2.75, 3.05) is 5.75 Å². The fourth-order valence-corrected chi connectivity index (χ4v) is 2.84. The predicted molar refractivity (Wildman–Crippen MR) is 81.9 cm³/mol. The zero-order valence-electron chi connectivity index (χ0n) is 10.5. The molecule has 0 unspecified atom stereocenters. The first-order valence-electron chi connectivity index (χ1n) is 5.90. The summed E-state index contributed by atoms with van der Waals surface area (Å²) >= 11 is 6.11. The Kier molecular flexibility index (Phi) is 3.48. The molecule has 1 saturated heterocycles. The Morgan fingerprint density at radius 1 is 1.33 bits per heavy atom. The largest absolute Gasteiger partial charge is 0.417 e. The molecule has 2 heterocycles. The summed E-state index contributed by atoms with van der Waals surface area (Å²) in [6, 6.07) is 8.21. The van der Waals surface area contributed by atoms with Gasteiger partial charge in [0.2, 0.25) is 0 Å². The van der Waals surface area contributed by atoms with Crippen molar-refractivity contribution in [2.45, 2.75) is 0 Å². The average molecular weight is 320 g/mol. The van der Waals surface area contributed by atoms with Crippen LogP contribution in [0.1, 0.15) is 10.6 Å². The van der Waals surface area contributed by atoms with Crippen LogP contribution < -0.4 is 11.1 Å². The second-order valence-corrected chi connectivity index (χ2v) is 5.82. The lowest BCUT2D eigenvalue weighted by Crippen LogP contribution is -2.45. The van der Waals surface area contributed by atoms with Gasteiger partial charge in [-0.05, 0) is 17.5 Å². The molecule has 0 aliphatic carbocycles. The summed E-state index contributed by atoms with van der Waals surface area (Å²) in [7, 11) is 0. The summed E-state index contributed by atoms with van der Waals surface area (Å²) in [5.41, 5.74) is 1.73. The lowest BCUT2D eigenvalue weighted by molar-refractivity contribution is -0.125. The van der Waals surface area contributed by atoms with Crippen LogP contribution in [-0.4, -0.2) is 26.9 Å². The van der Waals surface area contributed by atoms with Gasteiger partial charge in [-0.2, -0.15) is 0 Å². The third-order valence-corrected chi connectivity index (χ3v) is 4.22. The number of carbonyl (C=O) groups is 2. The van der Waals surface area contributed by atoms with E-state index in [4.69, 9.17) is 16.6 Å². The summed E-state index contributed by atoms with van der Waals surface area (Å²) in [5, 5.41) is 1.96. The third-order valence-electron chi connectivity index (χ3n) is 2.86. The van der Waals surface area contributed by atoms with Crippen molar-refractivity contribution in [3.63, 3.8) is 0 Å². The van der Waals surface area contributed by atoms with Crippen LogP contribution in [0.5, 0.6) is 0 Å². The topological polar surface area (TPSA) is 79.6 Å². The minimum absolute atomic E-state index is 0.175. The maximum absolute atomic E-state index is 12.1. The summed E-state index contributed by atoms with van der Waals surface area (Å²) < 4.78 is 5.24. The highest BCUT2D eigenvalue weighted by Crippen LogP contribution is 2.18. The molecule has 1 N–H and O–H groups in total. The first-order valence-corrected chi connectivity index (χ1v) is 7.29. The summed E-state index contributed by atoms with van der Waals surface area (Å²) in [4.78, 5) is 35.4. The Bertz CT molecular complexity index is 814. The molecule has 0 saturated carbocycles. The lowest BCUT2D eigenvalue weighted by Gasteiger charge is -2.15. The van der Waals surface area contributed by atoms with Crippen molar-refractivity contribution in [1.29, 1.82) is 0 Å². The van der Waals surface area contributed by atoms with Gasteiger partial charge in [0.15, 0.2) is 10.1 Å². The Morgan fingerprint density at radius 3 is 2.81 bits per heavy atom. The van der Waals surface area contributed by atoms with Crippen molar-refractivity contribution in [1.82, 2.24) is 10.4 Å². The number of benzene rings is 1. The number of nitrogens with zero attached hydrogens (tertiary/aromatic N) is 1. The molecule has 21 heavy (non-hydrogen) atoms. The molecule has 1 aliphatic rings. The van der Waals surface area contributed by atoms with Gasteiger partial charge < -0.3 is 4.42 Å². The van der Waals surface area contributed by atoms with Crippen LogP contribution in [-0.2, 0) is 4.79 Å². The fourth-order valence-electron chi connectivity index (χ4n) is 1.87. The zero-order valence-corrected chi connectivity index (χ0v) is 12.1. The Balaban J connectivity index is 1.93. The van der Waals surface area contributed by atoms with Crippen LogP contribution in [0.15, 0.2) is 39.5 Å². The van der Waals surface area contributed by atoms with Gasteiger partial charge in [-0.25, -0.2) is 9.80 Å². The average Bonchev–Trinajstić information content (AvgIpc) is 2.79. The van der Waals surface area contributed by atoms with Crippen LogP contribution >= 0.6 is 24.0 Å². The molecule has 1 aromatic carbocycles. The highest BCUT2D eigenvalue weighted by atomic mass is 32.2. The maximum Gasteiger partial charge on any atom is 0.344 e. The molecule has 106 valence electrons. The second-order valence-electron chi connectivity index (χ2n) is 4.21. The minimum atomic E-state index is -0.698. The number of hydrazine groups is 1. The summed E-state index contributed by atoms with van der Waals surface area (Å²) in [6.45, 7) is 0. The normalized spacial score (nSPS) is 14.8. The van der Waals surface area contributed by atoms with Crippen LogP contribution in [0.4, 0.5) is 0 Å². The molecule has 3 rings (SSSR count). The summed E-state index contributed by atoms with van der Waals surface area (Å²) in [5.74, 6) is -1.01. The van der Waals surface area contributed by atoms with Crippen molar-refractivity contribution in [2.24, 2.45) is 0 Å². The molecule has 0 atom stereocenters. The van der Waals surface area contributed by atoms with E-state index in [0.717, 1.165) is 16.8 Å². The number of thioether (sulfide) groups is 1. The number of hydrogen-bond acceptors (Lipinski definition) is 6. The maximum atomic E-state index is 12.1. The summed E-state index contributed by atoms with van der Waals surface area (Å²) in [6.07, 6.45) is 0. The van der Waals surface area contributed by atoms with Gasteiger partial charge in [-0.3, -0.25) is 15.0 Å². The van der Waals surface area contributed by atoms with E-state index in [2.05, 4.69) is 5.43 Å². The van der Waals surface area contributed by atoms with E-state index in [1.165, 1.54) is 6.07 Å². The third kappa shape index (κ3) is 2.55. The van der Waals surface area contributed by atoms with E-state index in [1.807, 2.05) is 0 Å². The van der Waals surface area contributed by atoms with Gasteiger partial charge in [0, 0.05) is 0 Å². The molecule has 6 nitrogen and oxygen atoms in total. The first-order chi connectivity index (χ1) is 10.1. The van der Waals surface area contributed by atoms with E-state index in [-0.39, 0.29) is 21.7 Å². The first kappa shape index (κ1) is 13.8. The molecular formula is C13H8N2O4S2. The molecule has 0 spiro atoms. The number of carbonyl (C=O) groups excluding carboxylic acids is 2. The van der Waals surface area contributed by atoms with Crippen LogP contribution in [0.25, 0.3) is 10.8 Å². The number of amides is 2. The van der Waals surface area contributed by atoms with E-state index in [1.54, 1.807) is 24.3 Å². The van der Waals surface area contributed by atoms with Crippen LogP contribution in [0.3, 0.4) is 0 Å². The van der Waals surface area contributed by atoms with Crippen molar-refractivity contribution in [3.8, 4) is 0 Å². The van der Waals surface area contributed by atoms with Crippen LogP contribution in [0.2, 0.25) is 0 Å². The van der Waals surface area contributed by atoms with E-state index in [0.29, 0.717) is 10.8 Å². The second kappa shape index (κ2) is 5.30. The standard InChI is InChI=1S/C13H8N2O4S2/c16-10-6-21-13(20)15(10)14-11(17)9-5-7-3-1-2-4-8(7)12(18)19-9/h1-5H,6H2,(H,14,17). The molecule has 0 bridgehead atoms. The van der Waals surface area contributed by atoms with E-state index >= 15 is 0 Å². The number of rotatable bonds is 2. The number of nitrogens with one attached hydrogen (secondary N) is 1. The molecule has 1 aliphatic heterocycles. The van der Waals surface area contributed by atoms with Gasteiger partial charge in [0.1, 0.15) is 0 Å². The highest BCUT2D eigenvalue weighted by molar-refractivity contribution is 8.23. The quantitative estimate of drug-likeness (QED) is 0.840. The van der Waals surface area contributed by atoms with Gasteiger partial charge in [0.25, 0.3) is 5.91 Å². The predicted octanol–water partition coefficient (Wildman–Crippen LogP) is 1.30. The van der Waals surface area contributed by atoms with Crippen molar-refractivity contribution >= 4 is 50.9 Å². The number of fused-ring (bicyclic) bond motifs is 1. The van der Waals surface area contributed by atoms with Gasteiger partial charge in [-0.1, -0.05) is 42.2 Å². The SMILES string of the molecule is O=C(NN1C(=O)CSC1=S)c1cc2ccccc2c(=O)o1. The van der Waals surface area contributed by atoms with Gasteiger partial charge in [0.05, 0.1) is 11.1 Å². The van der Waals surface area contributed by atoms with Crippen molar-refractivity contribution in [3.05, 3.63) is 46.5 Å². The lowest BCUT2D eigenvalue weighted by atomic mass is 10.1. The Hall–Kier alpha value is -2.19. The molecule has 2 aromatic rings. The van der Waals surface area contributed by atoms with E-state index in [9.17, 15) is 14.4 Å². The molecule has 0 radical (unpaired) electrons. The molecule has 1 aromatic heterocycles. The minimum Gasteiger partial charge on any atom is -0.417 e. The molecular weight excluding hydrogens is 312 g/mol. The molecule has 1 fully saturated rings. The number of hydrogen-bond donors (Lipinski definition) is 1. The fraction of sp³-hybridized carbons (Fsp3) is 0.0769. The smallest absolute Gasteiger partial charge is 0.344 e. The Morgan fingerprint density at radius 2 is 2.10 bits per heavy atom. The zero-order chi connectivity index (χ0) is 15.0. The van der Waals surface area contributed by atoms with Gasteiger partial charge in [-0.15, -0.1) is 0 Å². The Labute approximate surface area is 128 Å². The molecule has 8 heteroatoms. The molecule has 2 amide bonds. The van der Waals surface area contributed by atoms with E-state index < -0.39 is 11.5 Å². The van der Waals surface area contributed by atoms with Crippen LogP contribution in [0, 0.1) is 0 Å². The monoisotopic (exact) mass is 320 g/mol. The number of thiocarbonyl (C=S) groups is 1. The van der Waals surface area contributed by atoms with Crippen molar-refractivity contribution < 1.29 is 14.0 Å². The van der Waals surface area contributed by atoms with Gasteiger partial charge >= 0.3 is 11.5 Å². The highest BCUT2D eigenvalue weighted by Gasteiger charge is 2.29.